The van der Waals surface area contributed by atoms with Gasteiger partial charge in [0.05, 0.1) is 18.5 Å². The maximum absolute atomic E-state index is 13.9. The first-order chi connectivity index (χ1) is 14.9. The number of rotatable bonds is 6. The zero-order chi connectivity index (χ0) is 22.4. The minimum Gasteiger partial charge on any atom is -0.504 e. The first-order valence-electron chi connectivity index (χ1n) is 9.09. The third-order valence-corrected chi connectivity index (χ3v) is 4.25. The molecule has 0 bridgehead atoms. The van der Waals surface area contributed by atoms with Gasteiger partial charge in [0.1, 0.15) is 17.2 Å². The summed E-state index contributed by atoms with van der Waals surface area (Å²) in [6.07, 6.45) is 1.19. The van der Waals surface area contributed by atoms with E-state index < -0.39 is 29.0 Å². The van der Waals surface area contributed by atoms with Crippen molar-refractivity contribution < 1.29 is 28.2 Å². The second-order valence-corrected chi connectivity index (χ2v) is 6.36. The van der Waals surface area contributed by atoms with Crippen LogP contribution in [0.5, 0.6) is 11.5 Å². The molecule has 2 amide bonds. The molecule has 0 unspecified atom stereocenters. The molecule has 158 valence electrons. The number of aromatic hydroxyl groups is 1. The number of carbonyl (C=O) groups excluding carboxylic acids is 2. The fraction of sp³-hybridized carbons (Fsp3) is 0.0435. The van der Waals surface area contributed by atoms with Crippen LogP contribution < -0.4 is 15.4 Å². The number of phenols is 1. The molecule has 3 aromatic rings. The minimum absolute atomic E-state index is 0.130. The molecule has 6 nitrogen and oxygen atoms in total. The van der Waals surface area contributed by atoms with Crippen molar-refractivity contribution in [2.75, 3.05) is 17.7 Å². The fourth-order valence-corrected chi connectivity index (χ4v) is 2.70. The highest BCUT2D eigenvalue weighted by Crippen LogP contribution is 2.27. The number of nitrogens with one attached hydrogen (secondary N) is 2. The summed E-state index contributed by atoms with van der Waals surface area (Å²) in [6.45, 7) is 0. The molecule has 31 heavy (non-hydrogen) atoms. The van der Waals surface area contributed by atoms with Crippen LogP contribution in [0.2, 0.25) is 0 Å². The number of amides is 2. The van der Waals surface area contributed by atoms with Gasteiger partial charge in [0.2, 0.25) is 0 Å². The quantitative estimate of drug-likeness (QED) is 0.312. The van der Waals surface area contributed by atoms with Gasteiger partial charge < -0.3 is 20.5 Å². The van der Waals surface area contributed by atoms with Gasteiger partial charge in [-0.05, 0) is 48.0 Å². The number of carbonyl (C=O) groups is 2. The zero-order valence-corrected chi connectivity index (χ0v) is 16.4. The van der Waals surface area contributed by atoms with E-state index in [0.717, 1.165) is 12.1 Å². The van der Waals surface area contributed by atoms with Crippen LogP contribution in [0.1, 0.15) is 5.56 Å². The molecule has 0 radical (unpaired) electrons. The number of hydrogen-bond acceptors (Lipinski definition) is 4. The van der Waals surface area contributed by atoms with Crippen molar-refractivity contribution in [2.45, 2.75) is 0 Å². The van der Waals surface area contributed by atoms with Crippen molar-refractivity contribution in [2.24, 2.45) is 0 Å². The summed E-state index contributed by atoms with van der Waals surface area (Å²) in [5.74, 6) is -3.23. The number of para-hydroxylation sites is 2. The van der Waals surface area contributed by atoms with E-state index in [1.54, 1.807) is 0 Å². The molecule has 0 aliphatic rings. The highest BCUT2D eigenvalue weighted by Gasteiger charge is 2.21. The number of methoxy groups -OCH3 is 1. The van der Waals surface area contributed by atoms with Crippen molar-refractivity contribution in [3.8, 4) is 11.5 Å². The van der Waals surface area contributed by atoms with Gasteiger partial charge in [-0.25, -0.2) is 8.78 Å². The molecule has 0 saturated carbocycles. The predicted octanol–water partition coefficient (Wildman–Crippen LogP) is 4.34. The van der Waals surface area contributed by atoms with Gasteiger partial charge in [0.15, 0.2) is 11.5 Å². The Morgan fingerprint density at radius 2 is 1.39 bits per heavy atom. The smallest absolute Gasteiger partial charge is 0.261 e. The highest BCUT2D eigenvalue weighted by atomic mass is 19.1. The average Bonchev–Trinajstić information content (AvgIpc) is 2.75. The van der Waals surface area contributed by atoms with E-state index in [4.69, 9.17) is 4.74 Å². The Balaban J connectivity index is 1.97. The SMILES string of the molecule is COc1ccc(C=C(C(=O)Nc2ccccc2F)C(=O)Nc2ccccc2F)cc1O. The maximum atomic E-state index is 13.9. The lowest BCUT2D eigenvalue weighted by Gasteiger charge is -2.12. The lowest BCUT2D eigenvalue weighted by atomic mass is 10.1. The number of halogens is 2. The Hall–Kier alpha value is -4.20. The molecule has 3 N–H and O–H groups in total. The lowest BCUT2D eigenvalue weighted by molar-refractivity contribution is -0.118. The first kappa shape index (κ1) is 21.5. The lowest BCUT2D eigenvalue weighted by Crippen LogP contribution is -2.26. The fourth-order valence-electron chi connectivity index (χ4n) is 2.70. The molecule has 3 rings (SSSR count). The van der Waals surface area contributed by atoms with Gasteiger partial charge in [0, 0.05) is 0 Å². The van der Waals surface area contributed by atoms with Crippen LogP contribution in [0.4, 0.5) is 20.2 Å². The summed E-state index contributed by atoms with van der Waals surface area (Å²) in [6, 6.07) is 15.1. The van der Waals surface area contributed by atoms with E-state index in [-0.39, 0.29) is 22.9 Å². The van der Waals surface area contributed by atoms with E-state index in [9.17, 15) is 23.5 Å². The second kappa shape index (κ2) is 9.53. The third kappa shape index (κ3) is 5.24. The molecular weight excluding hydrogens is 406 g/mol. The Labute approximate surface area is 176 Å². The molecular formula is C23H18F2N2O4. The van der Waals surface area contributed by atoms with E-state index in [1.807, 2.05) is 0 Å². The number of benzene rings is 3. The van der Waals surface area contributed by atoms with Gasteiger partial charge in [-0.2, -0.15) is 0 Å². The number of anilines is 2. The molecule has 0 aromatic heterocycles. The molecule has 3 aromatic carbocycles. The summed E-state index contributed by atoms with van der Waals surface area (Å²) in [5.41, 5.74) is -0.402. The molecule has 0 aliphatic carbocycles. The zero-order valence-electron chi connectivity index (χ0n) is 16.4. The molecule has 0 heterocycles. The number of hydrogen-bond donors (Lipinski definition) is 3. The summed E-state index contributed by atoms with van der Waals surface area (Å²) >= 11 is 0. The molecule has 0 atom stereocenters. The Bertz CT molecular complexity index is 1100. The Kier molecular flexibility index (Phi) is 6.61. The average molecular weight is 424 g/mol. The van der Waals surface area contributed by atoms with Crippen LogP contribution in [-0.2, 0) is 9.59 Å². The second-order valence-electron chi connectivity index (χ2n) is 6.36. The van der Waals surface area contributed by atoms with Crippen molar-refractivity contribution >= 4 is 29.3 Å². The summed E-state index contributed by atoms with van der Waals surface area (Å²) in [5, 5.41) is 14.6. The van der Waals surface area contributed by atoms with Gasteiger partial charge in [-0.3, -0.25) is 9.59 Å². The van der Waals surface area contributed by atoms with Gasteiger partial charge in [0.25, 0.3) is 11.8 Å². The topological polar surface area (TPSA) is 87.7 Å². The largest absolute Gasteiger partial charge is 0.504 e. The van der Waals surface area contributed by atoms with Crippen molar-refractivity contribution in [3.63, 3.8) is 0 Å². The van der Waals surface area contributed by atoms with Gasteiger partial charge in [-0.1, -0.05) is 30.3 Å². The van der Waals surface area contributed by atoms with Crippen LogP contribution in [0.15, 0.2) is 72.3 Å². The maximum Gasteiger partial charge on any atom is 0.261 e. The molecule has 0 fully saturated rings. The van der Waals surface area contributed by atoms with E-state index in [2.05, 4.69) is 10.6 Å². The van der Waals surface area contributed by atoms with Gasteiger partial charge in [-0.15, -0.1) is 0 Å². The van der Waals surface area contributed by atoms with Crippen LogP contribution >= 0.6 is 0 Å². The van der Waals surface area contributed by atoms with Crippen molar-refractivity contribution in [3.05, 3.63) is 89.5 Å². The molecule has 8 heteroatoms. The normalized spacial score (nSPS) is 10.2. The monoisotopic (exact) mass is 424 g/mol. The van der Waals surface area contributed by atoms with Gasteiger partial charge >= 0.3 is 0 Å². The van der Waals surface area contributed by atoms with Crippen LogP contribution in [0.25, 0.3) is 6.08 Å². The summed E-state index contributed by atoms with van der Waals surface area (Å²) in [7, 11) is 1.37. The van der Waals surface area contributed by atoms with Crippen LogP contribution in [0, 0.1) is 11.6 Å². The first-order valence-corrected chi connectivity index (χ1v) is 9.09. The van der Waals surface area contributed by atoms with Crippen LogP contribution in [-0.4, -0.2) is 24.0 Å². The summed E-state index contributed by atoms with van der Waals surface area (Å²) < 4.78 is 32.9. The Morgan fingerprint density at radius 3 is 1.84 bits per heavy atom. The predicted molar refractivity (Wildman–Crippen MR) is 113 cm³/mol. The van der Waals surface area contributed by atoms with E-state index in [1.165, 1.54) is 67.8 Å². The minimum atomic E-state index is -0.922. The number of phenolic OH excluding ortho intramolecular Hbond substituents is 1. The standard InChI is InChI=1S/C23H18F2N2O4/c1-31-21-11-10-14(13-20(21)28)12-15(22(29)26-18-8-4-2-6-16(18)24)23(30)27-19-9-5-3-7-17(19)25/h2-13,28H,1H3,(H,26,29)(H,27,30). The molecule has 0 aliphatic heterocycles. The van der Waals surface area contributed by atoms with E-state index in [0.29, 0.717) is 5.56 Å². The number of ether oxygens (including phenoxy) is 1. The van der Waals surface area contributed by atoms with Crippen LogP contribution in [0.3, 0.4) is 0 Å². The third-order valence-electron chi connectivity index (χ3n) is 4.25. The van der Waals surface area contributed by atoms with Crippen molar-refractivity contribution in [1.82, 2.24) is 0 Å². The highest BCUT2D eigenvalue weighted by molar-refractivity contribution is 6.28. The summed E-state index contributed by atoms with van der Waals surface area (Å²) in [4.78, 5) is 25.6. The van der Waals surface area contributed by atoms with E-state index >= 15 is 0 Å². The van der Waals surface area contributed by atoms with Crippen molar-refractivity contribution in [1.29, 1.82) is 0 Å². The molecule has 0 spiro atoms. The molecule has 0 saturated heterocycles. The Morgan fingerprint density at radius 1 is 0.871 bits per heavy atom.